The summed E-state index contributed by atoms with van der Waals surface area (Å²) in [5.74, 6) is 0.363. The smallest absolute Gasteiger partial charge is 0.251 e. The minimum atomic E-state index is -0.673. The summed E-state index contributed by atoms with van der Waals surface area (Å²) in [6.45, 7) is 7.25. The lowest BCUT2D eigenvalue weighted by molar-refractivity contribution is -0.135. The van der Waals surface area contributed by atoms with Gasteiger partial charge in [0, 0.05) is 24.2 Å². The zero-order valence-corrected chi connectivity index (χ0v) is 20.7. The van der Waals surface area contributed by atoms with E-state index in [-0.39, 0.29) is 29.5 Å². The van der Waals surface area contributed by atoms with Crippen LogP contribution in [0, 0.1) is 11.7 Å². The highest BCUT2D eigenvalue weighted by Crippen LogP contribution is 2.28. The molecule has 8 nitrogen and oxygen atoms in total. The van der Waals surface area contributed by atoms with E-state index in [1.54, 1.807) is 41.3 Å². The number of likely N-dealkylation sites (tertiary alicyclic amines) is 1. The highest BCUT2D eigenvalue weighted by molar-refractivity contribution is 5.97. The molecule has 2 unspecified atom stereocenters. The lowest BCUT2D eigenvalue weighted by Gasteiger charge is -2.35. The largest absolute Gasteiger partial charge is 0.494 e. The summed E-state index contributed by atoms with van der Waals surface area (Å²) in [5.41, 5.74) is 0.995. The van der Waals surface area contributed by atoms with Crippen LogP contribution in [-0.4, -0.2) is 52.6 Å². The summed E-state index contributed by atoms with van der Waals surface area (Å²) in [6.07, 6.45) is 1.56. The molecule has 190 valence electrons. The van der Waals surface area contributed by atoms with Gasteiger partial charge in [-0.25, -0.2) is 4.39 Å². The predicted molar refractivity (Wildman–Crippen MR) is 132 cm³/mol. The Hall–Kier alpha value is -3.75. The van der Waals surface area contributed by atoms with E-state index < -0.39 is 6.04 Å². The number of halogens is 1. The molecule has 1 N–H and O–H groups in total. The number of aromatic nitrogens is 2. The van der Waals surface area contributed by atoms with Gasteiger partial charge in [-0.2, -0.15) is 4.98 Å². The van der Waals surface area contributed by atoms with E-state index in [1.165, 1.54) is 12.1 Å². The Morgan fingerprint density at radius 1 is 1.22 bits per heavy atom. The fourth-order valence-corrected chi connectivity index (χ4v) is 4.33. The first-order valence-corrected chi connectivity index (χ1v) is 12.3. The van der Waals surface area contributed by atoms with E-state index in [0.717, 1.165) is 12.8 Å². The molecule has 1 fully saturated rings. The molecule has 0 saturated carbocycles. The maximum Gasteiger partial charge on any atom is 0.251 e. The summed E-state index contributed by atoms with van der Waals surface area (Å²) < 4.78 is 24.5. The second-order valence-corrected chi connectivity index (χ2v) is 9.24. The second kappa shape index (κ2) is 11.3. The van der Waals surface area contributed by atoms with Crippen molar-refractivity contribution in [3.05, 3.63) is 65.8 Å². The van der Waals surface area contributed by atoms with Crippen molar-refractivity contribution in [3.63, 3.8) is 0 Å². The molecule has 2 heterocycles. The molecule has 1 aliphatic rings. The number of carbonyl (C=O) groups excluding carboxylic acids is 2. The maximum atomic E-state index is 13.6. The van der Waals surface area contributed by atoms with Gasteiger partial charge in [-0.15, -0.1) is 0 Å². The normalized spacial score (nSPS) is 16.6. The average molecular weight is 495 g/mol. The lowest BCUT2D eigenvalue weighted by Crippen LogP contribution is -2.53. The molecule has 0 bridgehead atoms. The molecule has 4 rings (SSSR count). The van der Waals surface area contributed by atoms with Crippen LogP contribution >= 0.6 is 0 Å². The molecule has 3 aromatic rings. The monoisotopic (exact) mass is 494 g/mol. The Kier molecular flexibility index (Phi) is 7.97. The van der Waals surface area contributed by atoms with Crippen LogP contribution in [0.2, 0.25) is 0 Å². The summed E-state index contributed by atoms with van der Waals surface area (Å²) in [7, 11) is 0. The molecule has 0 aliphatic carbocycles. The second-order valence-electron chi connectivity index (χ2n) is 9.24. The van der Waals surface area contributed by atoms with Crippen molar-refractivity contribution in [2.75, 3.05) is 19.7 Å². The number of benzene rings is 2. The lowest BCUT2D eigenvalue weighted by atomic mass is 9.95. The van der Waals surface area contributed by atoms with E-state index in [2.05, 4.69) is 15.5 Å². The third kappa shape index (κ3) is 5.90. The van der Waals surface area contributed by atoms with Gasteiger partial charge in [0.1, 0.15) is 17.6 Å². The van der Waals surface area contributed by atoms with Crippen LogP contribution in [0.4, 0.5) is 4.39 Å². The Morgan fingerprint density at radius 3 is 2.69 bits per heavy atom. The number of rotatable bonds is 8. The van der Waals surface area contributed by atoms with Gasteiger partial charge in [0.15, 0.2) is 0 Å². The average Bonchev–Trinajstić information content (AvgIpc) is 3.38. The van der Waals surface area contributed by atoms with E-state index in [1.807, 2.05) is 20.8 Å². The maximum absolute atomic E-state index is 13.6. The van der Waals surface area contributed by atoms with Crippen molar-refractivity contribution in [1.29, 1.82) is 0 Å². The molecule has 1 aliphatic heterocycles. The Balaban J connectivity index is 1.43. The van der Waals surface area contributed by atoms with Crippen molar-refractivity contribution in [1.82, 2.24) is 20.4 Å². The fraction of sp³-hybridized carbons (Fsp3) is 0.407. The van der Waals surface area contributed by atoms with Crippen LogP contribution < -0.4 is 10.1 Å². The van der Waals surface area contributed by atoms with E-state index >= 15 is 0 Å². The van der Waals surface area contributed by atoms with Crippen LogP contribution in [0.15, 0.2) is 53.1 Å². The van der Waals surface area contributed by atoms with Crippen LogP contribution in [0.25, 0.3) is 11.4 Å². The third-order valence-corrected chi connectivity index (χ3v) is 6.25. The number of hydrogen-bond donors (Lipinski definition) is 1. The van der Waals surface area contributed by atoms with Gasteiger partial charge in [0.2, 0.25) is 17.6 Å². The fourth-order valence-electron chi connectivity index (χ4n) is 4.33. The Bertz CT molecular complexity index is 1190. The number of nitrogens with one attached hydrogen (secondary N) is 1. The number of carbonyl (C=O) groups is 2. The number of piperidine rings is 1. The molecular formula is C27H31FN4O4. The molecule has 1 aromatic heterocycles. The topological polar surface area (TPSA) is 97.6 Å². The molecule has 0 spiro atoms. The first kappa shape index (κ1) is 25.3. The molecular weight excluding hydrogens is 463 g/mol. The standard InChI is InChI=1S/C27H31FN4O4/c1-4-35-22-12-10-18(11-13-22)25(33)29-23(17(2)3)27(34)32-14-6-8-20(16-32)26-30-24(31-36-26)19-7-5-9-21(28)15-19/h5,7,9-13,15,17,20,23H,4,6,8,14,16H2,1-3H3,(H,29,33). The molecule has 9 heteroatoms. The zero-order chi connectivity index (χ0) is 25.7. The van der Waals surface area contributed by atoms with Crippen molar-refractivity contribution in [2.45, 2.75) is 45.6 Å². The van der Waals surface area contributed by atoms with Gasteiger partial charge in [0.25, 0.3) is 5.91 Å². The number of nitrogens with zero attached hydrogens (tertiary/aromatic N) is 3. The SMILES string of the molecule is CCOc1ccc(C(=O)NC(C(=O)N2CCCC(c3nc(-c4cccc(F)c4)no3)C2)C(C)C)cc1. The van der Waals surface area contributed by atoms with Gasteiger partial charge < -0.3 is 19.5 Å². The van der Waals surface area contributed by atoms with Gasteiger partial charge in [-0.05, 0) is 62.1 Å². The molecule has 2 atom stereocenters. The van der Waals surface area contributed by atoms with Crippen LogP contribution in [-0.2, 0) is 4.79 Å². The van der Waals surface area contributed by atoms with Crippen LogP contribution in [0.1, 0.15) is 55.8 Å². The third-order valence-electron chi connectivity index (χ3n) is 6.25. The Morgan fingerprint density at radius 2 is 2.00 bits per heavy atom. The van der Waals surface area contributed by atoms with Crippen LogP contribution in [0.3, 0.4) is 0 Å². The summed E-state index contributed by atoms with van der Waals surface area (Å²) in [5, 5.41) is 6.91. The van der Waals surface area contributed by atoms with E-state index in [9.17, 15) is 14.0 Å². The zero-order valence-electron chi connectivity index (χ0n) is 20.7. The highest BCUT2D eigenvalue weighted by atomic mass is 19.1. The highest BCUT2D eigenvalue weighted by Gasteiger charge is 2.34. The van der Waals surface area contributed by atoms with Crippen molar-refractivity contribution < 1.29 is 23.2 Å². The number of amides is 2. The number of ether oxygens (including phenoxy) is 1. The minimum Gasteiger partial charge on any atom is -0.494 e. The van der Waals surface area contributed by atoms with Crippen molar-refractivity contribution in [3.8, 4) is 17.1 Å². The van der Waals surface area contributed by atoms with Crippen molar-refractivity contribution >= 4 is 11.8 Å². The van der Waals surface area contributed by atoms with Gasteiger partial charge >= 0.3 is 0 Å². The number of hydrogen-bond acceptors (Lipinski definition) is 6. The summed E-state index contributed by atoms with van der Waals surface area (Å²) in [4.78, 5) is 32.6. The van der Waals surface area contributed by atoms with Gasteiger partial charge in [-0.3, -0.25) is 9.59 Å². The summed E-state index contributed by atoms with van der Waals surface area (Å²) >= 11 is 0. The first-order valence-electron chi connectivity index (χ1n) is 12.3. The van der Waals surface area contributed by atoms with E-state index in [0.29, 0.717) is 48.3 Å². The quantitative estimate of drug-likeness (QED) is 0.497. The minimum absolute atomic E-state index is 0.104. The Labute approximate surface area is 209 Å². The molecule has 36 heavy (non-hydrogen) atoms. The van der Waals surface area contributed by atoms with Gasteiger partial charge in [-0.1, -0.05) is 31.1 Å². The van der Waals surface area contributed by atoms with Crippen LogP contribution in [0.5, 0.6) is 5.75 Å². The first-order chi connectivity index (χ1) is 17.4. The summed E-state index contributed by atoms with van der Waals surface area (Å²) in [6, 6.07) is 12.2. The van der Waals surface area contributed by atoms with E-state index in [4.69, 9.17) is 9.26 Å². The molecule has 2 amide bonds. The molecule has 2 aromatic carbocycles. The van der Waals surface area contributed by atoms with Gasteiger partial charge in [0.05, 0.1) is 12.5 Å². The van der Waals surface area contributed by atoms with Crippen molar-refractivity contribution in [2.24, 2.45) is 5.92 Å². The molecule has 1 saturated heterocycles. The molecule has 0 radical (unpaired) electrons. The predicted octanol–water partition coefficient (Wildman–Crippen LogP) is 4.44.